The van der Waals surface area contributed by atoms with Crippen LogP contribution in [0.25, 0.3) is 0 Å². The van der Waals surface area contributed by atoms with Crippen molar-refractivity contribution in [2.75, 3.05) is 24.3 Å². The van der Waals surface area contributed by atoms with Crippen molar-refractivity contribution in [1.82, 2.24) is 0 Å². The summed E-state index contributed by atoms with van der Waals surface area (Å²) < 4.78 is 0. The number of hydrogen-bond donors (Lipinski definition) is 1. The Bertz CT molecular complexity index is 352. The van der Waals surface area contributed by atoms with E-state index in [1.807, 2.05) is 0 Å². The average molecular weight is 218 g/mol. The van der Waals surface area contributed by atoms with E-state index in [1.165, 1.54) is 42.6 Å². The van der Waals surface area contributed by atoms with E-state index in [0.717, 1.165) is 0 Å². The van der Waals surface area contributed by atoms with Crippen molar-refractivity contribution in [1.29, 1.82) is 0 Å². The van der Waals surface area contributed by atoms with Crippen LogP contribution in [0.5, 0.6) is 0 Å². The highest BCUT2D eigenvalue weighted by molar-refractivity contribution is 5.60. The third kappa shape index (κ3) is 2.49. The van der Waals surface area contributed by atoms with Crippen LogP contribution >= 0.6 is 0 Å². The van der Waals surface area contributed by atoms with Crippen LogP contribution in [-0.2, 0) is 0 Å². The lowest BCUT2D eigenvalue weighted by Gasteiger charge is -2.18. The third-order valence-corrected chi connectivity index (χ3v) is 3.44. The van der Waals surface area contributed by atoms with Crippen molar-refractivity contribution in [2.24, 2.45) is 0 Å². The predicted molar refractivity (Wildman–Crippen MR) is 71.4 cm³/mol. The zero-order valence-electron chi connectivity index (χ0n) is 10.6. The van der Waals surface area contributed by atoms with Crippen molar-refractivity contribution < 1.29 is 0 Å². The van der Waals surface area contributed by atoms with Gasteiger partial charge in [-0.25, -0.2) is 0 Å². The lowest BCUT2D eigenvalue weighted by molar-refractivity contribution is 0.754. The first kappa shape index (κ1) is 11.3. The molecule has 1 aliphatic carbocycles. The second-order valence-electron chi connectivity index (χ2n) is 5.02. The Hall–Kier alpha value is -1.18. The maximum atomic E-state index is 3.66. The molecule has 1 fully saturated rings. The van der Waals surface area contributed by atoms with Crippen molar-refractivity contribution in [3.63, 3.8) is 0 Å². The number of benzene rings is 1. The zero-order chi connectivity index (χ0) is 11.5. The van der Waals surface area contributed by atoms with E-state index in [-0.39, 0.29) is 0 Å². The summed E-state index contributed by atoms with van der Waals surface area (Å²) in [5.41, 5.74) is 3.92. The first-order chi connectivity index (χ1) is 7.66. The van der Waals surface area contributed by atoms with Crippen LogP contribution in [0.1, 0.15) is 31.2 Å². The Morgan fingerprint density at radius 2 is 1.88 bits per heavy atom. The van der Waals surface area contributed by atoms with E-state index in [4.69, 9.17) is 0 Å². The minimum atomic E-state index is 0.698. The van der Waals surface area contributed by atoms with Gasteiger partial charge in [-0.3, -0.25) is 0 Å². The van der Waals surface area contributed by atoms with Crippen LogP contribution in [-0.4, -0.2) is 20.1 Å². The highest BCUT2D eigenvalue weighted by Gasteiger charge is 2.15. The Labute approximate surface area is 98.7 Å². The van der Waals surface area contributed by atoms with Gasteiger partial charge in [-0.1, -0.05) is 12.8 Å². The second-order valence-corrected chi connectivity index (χ2v) is 5.02. The van der Waals surface area contributed by atoms with Gasteiger partial charge < -0.3 is 10.2 Å². The molecule has 0 atom stereocenters. The average Bonchev–Trinajstić information content (AvgIpc) is 2.73. The lowest BCUT2D eigenvalue weighted by atomic mass is 10.1. The van der Waals surface area contributed by atoms with Crippen molar-refractivity contribution in [3.05, 3.63) is 23.8 Å². The summed E-state index contributed by atoms with van der Waals surface area (Å²) in [6, 6.07) is 7.34. The van der Waals surface area contributed by atoms with Gasteiger partial charge in [0.25, 0.3) is 0 Å². The van der Waals surface area contributed by atoms with Crippen LogP contribution in [0.2, 0.25) is 0 Å². The van der Waals surface area contributed by atoms with E-state index in [9.17, 15) is 0 Å². The molecule has 0 spiro atoms. The summed E-state index contributed by atoms with van der Waals surface area (Å²) in [6.45, 7) is 2.18. The van der Waals surface area contributed by atoms with Gasteiger partial charge in [0.2, 0.25) is 0 Å². The number of nitrogens with zero attached hydrogens (tertiary/aromatic N) is 1. The molecule has 0 saturated heterocycles. The summed E-state index contributed by atoms with van der Waals surface area (Å²) >= 11 is 0. The molecule has 2 heteroatoms. The molecule has 0 unspecified atom stereocenters. The lowest BCUT2D eigenvalue weighted by Crippen LogP contribution is -2.15. The summed E-state index contributed by atoms with van der Waals surface area (Å²) in [5, 5.41) is 3.66. The zero-order valence-corrected chi connectivity index (χ0v) is 10.6. The first-order valence-corrected chi connectivity index (χ1v) is 6.21. The maximum Gasteiger partial charge on any atom is 0.0373 e. The topological polar surface area (TPSA) is 15.3 Å². The van der Waals surface area contributed by atoms with Crippen molar-refractivity contribution in [3.8, 4) is 0 Å². The molecule has 0 amide bonds. The number of nitrogens with one attached hydrogen (secondary N) is 1. The molecule has 88 valence electrons. The Kier molecular flexibility index (Phi) is 3.37. The van der Waals surface area contributed by atoms with Crippen LogP contribution < -0.4 is 10.2 Å². The molecule has 1 N–H and O–H groups in total. The van der Waals surface area contributed by atoms with Gasteiger partial charge >= 0.3 is 0 Å². The normalized spacial score (nSPS) is 16.4. The van der Waals surface area contributed by atoms with Crippen molar-refractivity contribution >= 4 is 11.4 Å². The SMILES string of the molecule is Cc1cc(N(C)C)ccc1NC1CCCC1. The minimum Gasteiger partial charge on any atom is -0.382 e. The molecule has 0 bridgehead atoms. The summed E-state index contributed by atoms with van der Waals surface area (Å²) in [6.07, 6.45) is 5.42. The molecule has 1 aliphatic rings. The minimum absolute atomic E-state index is 0.698. The summed E-state index contributed by atoms with van der Waals surface area (Å²) in [4.78, 5) is 2.15. The fourth-order valence-electron chi connectivity index (χ4n) is 2.38. The fourth-order valence-corrected chi connectivity index (χ4v) is 2.38. The smallest absolute Gasteiger partial charge is 0.0373 e. The second kappa shape index (κ2) is 4.77. The van der Waals surface area contributed by atoms with Gasteiger partial charge in [-0.15, -0.1) is 0 Å². The van der Waals surface area contributed by atoms with Crippen LogP contribution in [0, 0.1) is 6.92 Å². The number of anilines is 2. The van der Waals surface area contributed by atoms with Gasteiger partial charge in [-0.2, -0.15) is 0 Å². The third-order valence-electron chi connectivity index (χ3n) is 3.44. The largest absolute Gasteiger partial charge is 0.382 e. The molecule has 2 rings (SSSR count). The molecule has 1 aromatic carbocycles. The van der Waals surface area contributed by atoms with E-state index in [0.29, 0.717) is 6.04 Å². The monoisotopic (exact) mass is 218 g/mol. The number of hydrogen-bond acceptors (Lipinski definition) is 2. The molecule has 0 radical (unpaired) electrons. The highest BCUT2D eigenvalue weighted by atomic mass is 15.1. The van der Waals surface area contributed by atoms with Crippen LogP contribution in [0.3, 0.4) is 0 Å². The Morgan fingerprint density at radius 3 is 2.44 bits per heavy atom. The standard InChI is InChI=1S/C14H22N2/c1-11-10-13(16(2)3)8-9-14(11)15-12-6-4-5-7-12/h8-10,12,15H,4-7H2,1-3H3. The van der Waals surface area contributed by atoms with E-state index in [2.05, 4.69) is 49.4 Å². The summed E-state index contributed by atoms with van der Waals surface area (Å²) in [5.74, 6) is 0. The molecule has 0 heterocycles. The van der Waals surface area contributed by atoms with Crippen molar-refractivity contribution in [2.45, 2.75) is 38.6 Å². The van der Waals surface area contributed by atoms with Crippen LogP contribution in [0.4, 0.5) is 11.4 Å². The number of rotatable bonds is 3. The van der Waals surface area contributed by atoms with Gasteiger partial charge in [-0.05, 0) is 43.5 Å². The quantitative estimate of drug-likeness (QED) is 0.836. The molecule has 1 aromatic rings. The molecular weight excluding hydrogens is 196 g/mol. The summed E-state index contributed by atoms with van der Waals surface area (Å²) in [7, 11) is 4.16. The van der Waals surface area contributed by atoms with Gasteiger partial charge in [0.1, 0.15) is 0 Å². The maximum absolute atomic E-state index is 3.66. The first-order valence-electron chi connectivity index (χ1n) is 6.21. The Morgan fingerprint density at radius 1 is 1.19 bits per heavy atom. The number of aryl methyl sites for hydroxylation is 1. The van der Waals surface area contributed by atoms with E-state index < -0.39 is 0 Å². The molecule has 1 saturated carbocycles. The molecular formula is C14H22N2. The fraction of sp³-hybridized carbons (Fsp3) is 0.571. The van der Waals surface area contributed by atoms with E-state index in [1.54, 1.807) is 0 Å². The van der Waals surface area contributed by atoms with Gasteiger partial charge in [0.15, 0.2) is 0 Å². The van der Waals surface area contributed by atoms with Gasteiger partial charge in [0.05, 0.1) is 0 Å². The van der Waals surface area contributed by atoms with Crippen LogP contribution in [0.15, 0.2) is 18.2 Å². The molecule has 0 aromatic heterocycles. The highest BCUT2D eigenvalue weighted by Crippen LogP contribution is 2.26. The van der Waals surface area contributed by atoms with Gasteiger partial charge in [0, 0.05) is 31.5 Å². The predicted octanol–water partition coefficient (Wildman–Crippen LogP) is 3.42. The molecule has 0 aliphatic heterocycles. The molecule has 2 nitrogen and oxygen atoms in total. The van der Waals surface area contributed by atoms with E-state index >= 15 is 0 Å². The molecule has 16 heavy (non-hydrogen) atoms. The Balaban J connectivity index is 2.09.